The number of carbonyl (C=O) groups excluding carboxylic acids is 1. The second kappa shape index (κ2) is 8.97. The Bertz CT molecular complexity index is 715. The maximum Gasteiger partial charge on any atom is 0.260 e. The second-order valence-corrected chi connectivity index (χ2v) is 6.01. The first-order valence-electron chi connectivity index (χ1n) is 8.48. The van der Waals surface area contributed by atoms with Gasteiger partial charge in [0.25, 0.3) is 5.91 Å². The number of benzene rings is 2. The number of ether oxygens (including phenoxy) is 1. The highest BCUT2D eigenvalue weighted by atomic mass is 16.5. The molecule has 0 atom stereocenters. The zero-order valence-electron chi connectivity index (χ0n) is 14.7. The number of aryl methyl sites for hydroxylation is 1. The molecule has 0 spiro atoms. The van der Waals surface area contributed by atoms with E-state index in [2.05, 4.69) is 0 Å². The molecule has 0 heterocycles. The van der Waals surface area contributed by atoms with Crippen molar-refractivity contribution in [3.8, 4) is 17.2 Å². The van der Waals surface area contributed by atoms with E-state index in [0.717, 1.165) is 23.3 Å². The Balaban J connectivity index is 1.93. The summed E-state index contributed by atoms with van der Waals surface area (Å²) in [4.78, 5) is 14.2. The normalized spacial score (nSPS) is 10.5. The molecule has 5 nitrogen and oxygen atoms in total. The predicted octanol–water partition coefficient (Wildman–Crippen LogP) is 3.27. The number of rotatable bonds is 8. The molecule has 0 aliphatic rings. The summed E-state index contributed by atoms with van der Waals surface area (Å²) in [6, 6.07) is 12.3. The Morgan fingerprint density at radius 3 is 2.52 bits per heavy atom. The molecular weight excluding hydrogens is 318 g/mol. The predicted molar refractivity (Wildman–Crippen MR) is 97.0 cm³/mol. The molecule has 0 saturated carbocycles. The number of hydrogen-bond donors (Lipinski definition) is 2. The van der Waals surface area contributed by atoms with Crippen LogP contribution in [0.2, 0.25) is 0 Å². The Morgan fingerprint density at radius 2 is 1.84 bits per heavy atom. The molecule has 0 bridgehead atoms. The number of carbonyl (C=O) groups is 1. The zero-order chi connectivity index (χ0) is 18.2. The monoisotopic (exact) mass is 343 g/mol. The highest BCUT2D eigenvalue weighted by Crippen LogP contribution is 2.25. The molecular formula is C20H25NO4. The van der Waals surface area contributed by atoms with Gasteiger partial charge in [0.05, 0.1) is 0 Å². The zero-order valence-corrected chi connectivity index (χ0v) is 14.7. The summed E-state index contributed by atoms with van der Waals surface area (Å²) >= 11 is 0. The van der Waals surface area contributed by atoms with Gasteiger partial charge in [-0.1, -0.05) is 31.2 Å². The summed E-state index contributed by atoms with van der Waals surface area (Å²) in [5.41, 5.74) is 1.86. The van der Waals surface area contributed by atoms with E-state index < -0.39 is 0 Å². The number of nitrogens with zero attached hydrogens (tertiary/aromatic N) is 1. The topological polar surface area (TPSA) is 70.0 Å². The quantitative estimate of drug-likeness (QED) is 0.722. The van der Waals surface area contributed by atoms with Gasteiger partial charge in [-0.3, -0.25) is 4.79 Å². The smallest absolute Gasteiger partial charge is 0.260 e. The van der Waals surface area contributed by atoms with Crippen molar-refractivity contribution >= 4 is 5.91 Å². The number of hydrogen-bond acceptors (Lipinski definition) is 4. The number of phenolic OH excluding ortho intramolecular Hbond substituents is 2. The number of para-hydroxylation sites is 1. The van der Waals surface area contributed by atoms with Crippen molar-refractivity contribution in [2.24, 2.45) is 0 Å². The van der Waals surface area contributed by atoms with E-state index >= 15 is 0 Å². The van der Waals surface area contributed by atoms with Crippen molar-refractivity contribution in [3.05, 3.63) is 53.6 Å². The van der Waals surface area contributed by atoms with Gasteiger partial charge < -0.3 is 19.8 Å². The van der Waals surface area contributed by atoms with Crippen LogP contribution < -0.4 is 4.74 Å². The fraction of sp³-hybridized carbons (Fsp3) is 0.350. The minimum Gasteiger partial charge on any atom is -0.504 e. The molecule has 2 rings (SSSR count). The molecule has 134 valence electrons. The molecule has 0 radical (unpaired) electrons. The third kappa shape index (κ3) is 5.41. The third-order valence-corrected chi connectivity index (χ3v) is 4.00. The van der Waals surface area contributed by atoms with Gasteiger partial charge in [-0.05, 0) is 49.1 Å². The van der Waals surface area contributed by atoms with Crippen molar-refractivity contribution in [3.63, 3.8) is 0 Å². The van der Waals surface area contributed by atoms with Gasteiger partial charge >= 0.3 is 0 Å². The Kier molecular flexibility index (Phi) is 6.69. The van der Waals surface area contributed by atoms with Crippen LogP contribution in [0.3, 0.4) is 0 Å². The molecule has 0 aliphatic heterocycles. The number of aromatic hydroxyl groups is 2. The summed E-state index contributed by atoms with van der Waals surface area (Å²) in [7, 11) is 0. The van der Waals surface area contributed by atoms with Crippen molar-refractivity contribution in [2.75, 3.05) is 19.7 Å². The van der Waals surface area contributed by atoms with Crippen LogP contribution in [0.1, 0.15) is 24.5 Å². The fourth-order valence-corrected chi connectivity index (χ4v) is 2.57. The van der Waals surface area contributed by atoms with Crippen LogP contribution in [0.4, 0.5) is 0 Å². The van der Waals surface area contributed by atoms with Gasteiger partial charge in [0.15, 0.2) is 18.1 Å². The minimum absolute atomic E-state index is 0.00564. The van der Waals surface area contributed by atoms with E-state index in [1.807, 2.05) is 38.1 Å². The van der Waals surface area contributed by atoms with E-state index in [1.165, 1.54) is 12.1 Å². The van der Waals surface area contributed by atoms with E-state index in [-0.39, 0.29) is 24.0 Å². The first-order valence-corrected chi connectivity index (χ1v) is 8.48. The van der Waals surface area contributed by atoms with E-state index in [0.29, 0.717) is 19.5 Å². The summed E-state index contributed by atoms with van der Waals surface area (Å²) in [6.45, 7) is 5.16. The van der Waals surface area contributed by atoms with E-state index in [1.54, 1.807) is 11.0 Å². The number of amides is 1. The van der Waals surface area contributed by atoms with Gasteiger partial charge in [-0.25, -0.2) is 0 Å². The fourth-order valence-electron chi connectivity index (χ4n) is 2.57. The molecule has 1 amide bonds. The molecule has 2 N–H and O–H groups in total. The third-order valence-electron chi connectivity index (χ3n) is 4.00. The Hall–Kier alpha value is -2.69. The highest BCUT2D eigenvalue weighted by molar-refractivity contribution is 5.77. The van der Waals surface area contributed by atoms with Crippen molar-refractivity contribution in [1.82, 2.24) is 4.90 Å². The van der Waals surface area contributed by atoms with Crippen LogP contribution >= 0.6 is 0 Å². The van der Waals surface area contributed by atoms with Crippen LogP contribution in [-0.2, 0) is 11.2 Å². The molecule has 0 unspecified atom stereocenters. The van der Waals surface area contributed by atoms with Crippen LogP contribution in [0.15, 0.2) is 42.5 Å². The first-order chi connectivity index (χ1) is 12.0. The van der Waals surface area contributed by atoms with E-state index in [9.17, 15) is 15.0 Å². The first kappa shape index (κ1) is 18.6. The maximum absolute atomic E-state index is 12.5. The van der Waals surface area contributed by atoms with Gasteiger partial charge in [0.2, 0.25) is 0 Å². The van der Waals surface area contributed by atoms with Gasteiger partial charge in [0.1, 0.15) is 5.75 Å². The molecule has 5 heteroatoms. The molecule has 2 aromatic carbocycles. The average molecular weight is 343 g/mol. The molecule has 0 fully saturated rings. The van der Waals surface area contributed by atoms with Gasteiger partial charge in [-0.15, -0.1) is 0 Å². The lowest BCUT2D eigenvalue weighted by atomic mass is 10.1. The highest BCUT2D eigenvalue weighted by Gasteiger charge is 2.14. The van der Waals surface area contributed by atoms with Crippen molar-refractivity contribution < 1.29 is 19.7 Å². The van der Waals surface area contributed by atoms with Crippen LogP contribution in [0, 0.1) is 6.92 Å². The Morgan fingerprint density at radius 1 is 1.08 bits per heavy atom. The van der Waals surface area contributed by atoms with Crippen LogP contribution in [0.5, 0.6) is 17.2 Å². The molecule has 2 aromatic rings. The lowest BCUT2D eigenvalue weighted by Gasteiger charge is -2.22. The summed E-state index contributed by atoms with van der Waals surface area (Å²) < 4.78 is 5.65. The maximum atomic E-state index is 12.5. The van der Waals surface area contributed by atoms with Gasteiger partial charge in [-0.2, -0.15) is 0 Å². The summed E-state index contributed by atoms with van der Waals surface area (Å²) in [5, 5.41) is 18.9. The SMILES string of the molecule is CCCN(CCc1ccc(O)c(O)c1)C(=O)COc1ccccc1C. The minimum atomic E-state index is -0.145. The second-order valence-electron chi connectivity index (χ2n) is 6.01. The summed E-state index contributed by atoms with van der Waals surface area (Å²) in [6.07, 6.45) is 1.46. The van der Waals surface area contributed by atoms with Crippen LogP contribution in [-0.4, -0.2) is 40.7 Å². The average Bonchev–Trinajstić information content (AvgIpc) is 2.60. The number of phenols is 2. The Labute approximate surface area is 148 Å². The van der Waals surface area contributed by atoms with Gasteiger partial charge in [0, 0.05) is 13.1 Å². The molecule has 0 aromatic heterocycles. The molecule has 0 aliphatic carbocycles. The lowest BCUT2D eigenvalue weighted by molar-refractivity contribution is -0.133. The van der Waals surface area contributed by atoms with Crippen molar-refractivity contribution in [1.29, 1.82) is 0 Å². The van der Waals surface area contributed by atoms with Crippen LogP contribution in [0.25, 0.3) is 0 Å². The summed E-state index contributed by atoms with van der Waals surface area (Å²) in [5.74, 6) is 0.370. The lowest BCUT2D eigenvalue weighted by Crippen LogP contribution is -2.37. The van der Waals surface area contributed by atoms with E-state index in [4.69, 9.17) is 4.74 Å². The molecule has 25 heavy (non-hydrogen) atoms. The molecule has 0 saturated heterocycles. The van der Waals surface area contributed by atoms with Crippen molar-refractivity contribution in [2.45, 2.75) is 26.7 Å². The standard InChI is InChI=1S/C20H25NO4/c1-3-11-21(12-10-16-8-9-17(22)18(23)13-16)20(24)14-25-19-7-5-4-6-15(19)2/h4-9,13,22-23H,3,10-12,14H2,1-2H3. The largest absolute Gasteiger partial charge is 0.504 e.